The maximum atomic E-state index is 12.9. The zero-order chi connectivity index (χ0) is 18.0. The topological polar surface area (TPSA) is 70.8 Å². The Hall–Kier alpha value is -1.34. The number of furan rings is 1. The predicted molar refractivity (Wildman–Crippen MR) is 95.9 cm³/mol. The molecular weight excluding hydrogens is 340 g/mol. The highest BCUT2D eigenvalue weighted by Gasteiger charge is 2.37. The smallest absolute Gasteiger partial charge is 0.289 e. The van der Waals surface area contributed by atoms with E-state index in [0.29, 0.717) is 24.8 Å². The molecule has 1 amide bonds. The molecule has 0 bridgehead atoms. The Morgan fingerprint density at radius 1 is 1.16 bits per heavy atom. The molecule has 6 nitrogen and oxygen atoms in total. The van der Waals surface area contributed by atoms with Crippen LogP contribution in [-0.4, -0.2) is 55.0 Å². The van der Waals surface area contributed by atoms with Crippen LogP contribution in [0, 0.1) is 12.8 Å². The highest BCUT2D eigenvalue weighted by atomic mass is 32.2. The number of rotatable bonds is 4. The lowest BCUT2D eigenvalue weighted by Crippen LogP contribution is -2.51. The Kier molecular flexibility index (Phi) is 5.53. The standard InChI is InChI=1S/C18H28N2O4S/c1-3-25(22,23)19-12-9-15(10-13-19)16-6-4-5-11-20(16)18(21)17-8-7-14(2)24-17/h7-8,15-16H,3-6,9-13H2,1-2H3. The molecule has 2 aliphatic rings. The second-order valence-corrected chi connectivity index (χ2v) is 9.37. The summed E-state index contributed by atoms with van der Waals surface area (Å²) in [7, 11) is -3.11. The summed E-state index contributed by atoms with van der Waals surface area (Å²) in [5.74, 6) is 1.65. The van der Waals surface area contributed by atoms with Gasteiger partial charge in [0.25, 0.3) is 5.91 Å². The van der Waals surface area contributed by atoms with Crippen LogP contribution in [0.15, 0.2) is 16.5 Å². The molecule has 25 heavy (non-hydrogen) atoms. The number of carbonyl (C=O) groups excluding carboxylic acids is 1. The third-order valence-corrected chi connectivity index (χ3v) is 7.44. The number of hydrogen-bond acceptors (Lipinski definition) is 4. The van der Waals surface area contributed by atoms with Crippen LogP contribution in [0.25, 0.3) is 0 Å². The summed E-state index contributed by atoms with van der Waals surface area (Å²) in [4.78, 5) is 14.8. The fraction of sp³-hybridized carbons (Fsp3) is 0.722. The molecule has 3 heterocycles. The maximum Gasteiger partial charge on any atom is 0.289 e. The number of sulfonamides is 1. The van der Waals surface area contributed by atoms with Gasteiger partial charge in [0.2, 0.25) is 10.0 Å². The quantitative estimate of drug-likeness (QED) is 0.819. The van der Waals surface area contributed by atoms with Crippen LogP contribution in [0.1, 0.15) is 55.3 Å². The average Bonchev–Trinajstić information content (AvgIpc) is 3.07. The third-order valence-electron chi connectivity index (χ3n) is 5.56. The van der Waals surface area contributed by atoms with Crippen LogP contribution in [0.5, 0.6) is 0 Å². The van der Waals surface area contributed by atoms with Crippen molar-refractivity contribution in [3.63, 3.8) is 0 Å². The molecule has 140 valence electrons. The molecule has 0 radical (unpaired) electrons. The van der Waals surface area contributed by atoms with Gasteiger partial charge in [-0.15, -0.1) is 0 Å². The van der Waals surface area contributed by atoms with Crippen molar-refractivity contribution < 1.29 is 17.6 Å². The zero-order valence-corrected chi connectivity index (χ0v) is 15.9. The van der Waals surface area contributed by atoms with Gasteiger partial charge in [0.1, 0.15) is 5.76 Å². The van der Waals surface area contributed by atoms with Gasteiger partial charge >= 0.3 is 0 Å². The van der Waals surface area contributed by atoms with E-state index in [0.717, 1.165) is 44.4 Å². The second-order valence-electron chi connectivity index (χ2n) is 7.11. The molecule has 2 aliphatic heterocycles. The molecule has 0 spiro atoms. The van der Waals surface area contributed by atoms with Crippen molar-refractivity contribution in [3.8, 4) is 0 Å². The number of aryl methyl sites for hydroxylation is 1. The molecule has 0 saturated carbocycles. The first-order valence-electron chi connectivity index (χ1n) is 9.27. The fourth-order valence-corrected chi connectivity index (χ4v) is 5.24. The Bertz CT molecular complexity index is 704. The number of carbonyl (C=O) groups is 1. The highest BCUT2D eigenvalue weighted by Crippen LogP contribution is 2.32. The van der Waals surface area contributed by atoms with E-state index in [-0.39, 0.29) is 17.7 Å². The van der Waals surface area contributed by atoms with Gasteiger partial charge in [-0.2, -0.15) is 0 Å². The van der Waals surface area contributed by atoms with Crippen LogP contribution in [-0.2, 0) is 10.0 Å². The van der Waals surface area contributed by atoms with Crippen molar-refractivity contribution in [2.24, 2.45) is 5.92 Å². The first-order chi connectivity index (χ1) is 11.9. The molecule has 1 unspecified atom stereocenters. The van der Waals surface area contributed by atoms with Crippen molar-refractivity contribution in [3.05, 3.63) is 23.7 Å². The molecule has 7 heteroatoms. The molecule has 2 saturated heterocycles. The van der Waals surface area contributed by atoms with Crippen LogP contribution in [0.3, 0.4) is 0 Å². The minimum Gasteiger partial charge on any atom is -0.456 e. The van der Waals surface area contributed by atoms with Crippen molar-refractivity contribution in [1.82, 2.24) is 9.21 Å². The minimum atomic E-state index is -3.11. The summed E-state index contributed by atoms with van der Waals surface area (Å²) in [6.07, 6.45) is 4.79. The lowest BCUT2D eigenvalue weighted by Gasteiger charge is -2.43. The number of piperidine rings is 2. The molecule has 0 aliphatic carbocycles. The van der Waals surface area contributed by atoms with Gasteiger partial charge in [-0.25, -0.2) is 12.7 Å². The Morgan fingerprint density at radius 2 is 1.88 bits per heavy atom. The molecule has 3 rings (SSSR count). The van der Waals surface area contributed by atoms with Gasteiger partial charge < -0.3 is 9.32 Å². The molecule has 1 atom stereocenters. The van der Waals surface area contributed by atoms with Crippen LogP contribution < -0.4 is 0 Å². The maximum absolute atomic E-state index is 12.9. The predicted octanol–water partition coefficient (Wildman–Crippen LogP) is 2.64. The number of amides is 1. The Morgan fingerprint density at radius 3 is 2.48 bits per heavy atom. The lowest BCUT2D eigenvalue weighted by atomic mass is 9.84. The highest BCUT2D eigenvalue weighted by molar-refractivity contribution is 7.89. The van der Waals surface area contributed by atoms with E-state index in [1.165, 1.54) is 0 Å². The lowest BCUT2D eigenvalue weighted by molar-refractivity contribution is 0.0418. The molecule has 1 aromatic rings. The first kappa shape index (κ1) is 18.5. The van der Waals surface area contributed by atoms with Gasteiger partial charge in [-0.3, -0.25) is 4.79 Å². The van der Waals surface area contributed by atoms with E-state index in [1.54, 1.807) is 17.3 Å². The van der Waals surface area contributed by atoms with E-state index < -0.39 is 10.0 Å². The van der Waals surface area contributed by atoms with Gasteiger partial charge in [-0.05, 0) is 64.0 Å². The van der Waals surface area contributed by atoms with Gasteiger partial charge in [0.15, 0.2) is 5.76 Å². The number of hydrogen-bond donors (Lipinski definition) is 0. The number of likely N-dealkylation sites (tertiary alicyclic amines) is 1. The zero-order valence-electron chi connectivity index (χ0n) is 15.1. The molecule has 2 fully saturated rings. The fourth-order valence-electron chi connectivity index (χ4n) is 4.11. The molecule has 0 N–H and O–H groups in total. The monoisotopic (exact) mass is 368 g/mol. The third kappa shape index (κ3) is 3.92. The summed E-state index contributed by atoms with van der Waals surface area (Å²) >= 11 is 0. The van der Waals surface area contributed by atoms with Crippen molar-refractivity contribution >= 4 is 15.9 Å². The summed E-state index contributed by atoms with van der Waals surface area (Å²) in [6, 6.07) is 3.76. The van der Waals surface area contributed by atoms with Gasteiger partial charge in [-0.1, -0.05) is 0 Å². The molecular formula is C18H28N2O4S. The van der Waals surface area contributed by atoms with Crippen molar-refractivity contribution in [2.75, 3.05) is 25.4 Å². The van der Waals surface area contributed by atoms with E-state index >= 15 is 0 Å². The summed E-state index contributed by atoms with van der Waals surface area (Å²) < 4.78 is 31.2. The normalized spacial score (nSPS) is 23.8. The summed E-state index contributed by atoms with van der Waals surface area (Å²) in [5.41, 5.74) is 0. The number of nitrogens with zero attached hydrogens (tertiary/aromatic N) is 2. The van der Waals surface area contributed by atoms with E-state index in [1.807, 2.05) is 17.9 Å². The Labute approximate surface area is 150 Å². The second kappa shape index (κ2) is 7.50. The Balaban J connectivity index is 1.69. The average molecular weight is 368 g/mol. The van der Waals surface area contributed by atoms with Crippen LogP contribution >= 0.6 is 0 Å². The van der Waals surface area contributed by atoms with Gasteiger partial charge in [0.05, 0.1) is 5.75 Å². The molecule has 1 aromatic heterocycles. The minimum absolute atomic E-state index is 0.0265. The first-order valence-corrected chi connectivity index (χ1v) is 10.9. The van der Waals surface area contributed by atoms with Crippen LogP contribution in [0.2, 0.25) is 0 Å². The summed E-state index contributed by atoms with van der Waals surface area (Å²) in [6.45, 7) is 5.43. The van der Waals surface area contributed by atoms with E-state index in [4.69, 9.17) is 4.42 Å². The summed E-state index contributed by atoms with van der Waals surface area (Å²) in [5, 5.41) is 0. The molecule has 0 aromatic carbocycles. The largest absolute Gasteiger partial charge is 0.456 e. The van der Waals surface area contributed by atoms with Crippen molar-refractivity contribution in [2.45, 2.75) is 52.0 Å². The van der Waals surface area contributed by atoms with E-state index in [2.05, 4.69) is 0 Å². The SMILES string of the molecule is CCS(=O)(=O)N1CCC(C2CCCCN2C(=O)c2ccc(C)o2)CC1. The van der Waals surface area contributed by atoms with Crippen LogP contribution in [0.4, 0.5) is 0 Å². The van der Waals surface area contributed by atoms with Crippen molar-refractivity contribution in [1.29, 1.82) is 0 Å². The van der Waals surface area contributed by atoms with Gasteiger partial charge in [0, 0.05) is 25.7 Å². The van der Waals surface area contributed by atoms with E-state index in [9.17, 15) is 13.2 Å².